The van der Waals surface area contributed by atoms with E-state index in [0.717, 1.165) is 13.0 Å². The van der Waals surface area contributed by atoms with Gasteiger partial charge in [0.05, 0.1) is 0 Å². The van der Waals surface area contributed by atoms with Crippen molar-refractivity contribution >= 4 is 11.9 Å². The Hall–Kier alpha value is -1.62. The van der Waals surface area contributed by atoms with E-state index in [1.165, 1.54) is 37.8 Å². The molecule has 2 atom stereocenters. The Morgan fingerprint density at radius 1 is 1.37 bits per heavy atom. The summed E-state index contributed by atoms with van der Waals surface area (Å²) in [5.41, 5.74) is 0.729. The molecule has 2 heterocycles. The number of aromatic nitrogens is 1. The van der Waals surface area contributed by atoms with Gasteiger partial charge in [-0.05, 0) is 78.1 Å². The van der Waals surface area contributed by atoms with Crippen molar-refractivity contribution in [1.29, 1.82) is 0 Å². The highest BCUT2D eigenvalue weighted by molar-refractivity contribution is 5.87. The van der Waals surface area contributed by atoms with Crippen molar-refractivity contribution in [2.24, 2.45) is 0 Å². The van der Waals surface area contributed by atoms with E-state index in [1.54, 1.807) is 4.90 Å². The molecule has 1 aromatic heterocycles. The number of rotatable bonds is 7. The number of amides is 1. The van der Waals surface area contributed by atoms with E-state index in [0.29, 0.717) is 11.9 Å². The van der Waals surface area contributed by atoms with Crippen molar-refractivity contribution in [1.82, 2.24) is 9.88 Å². The fourth-order valence-electron chi connectivity index (χ4n) is 3.56. The first-order chi connectivity index (χ1) is 12.8. The Morgan fingerprint density at radius 3 is 2.67 bits per heavy atom. The van der Waals surface area contributed by atoms with Gasteiger partial charge in [0, 0.05) is 18.3 Å². The molecule has 0 bridgehead atoms. The molecular weight excluding hydrogens is 338 g/mol. The first kappa shape index (κ1) is 21.7. The summed E-state index contributed by atoms with van der Waals surface area (Å²) >= 11 is 0. The number of hydrogen-bond acceptors (Lipinski definition) is 4. The summed E-state index contributed by atoms with van der Waals surface area (Å²) in [7, 11) is 0. The van der Waals surface area contributed by atoms with Gasteiger partial charge in [0.15, 0.2) is 0 Å². The zero-order chi connectivity index (χ0) is 20.0. The SMILES string of the molecule is CCCCN1CCC[C@H]1c1ccc(N(C(=O)OC(C)(C)C)[C@H](C)CC)nc1. The van der Waals surface area contributed by atoms with Crippen LogP contribution in [0.25, 0.3) is 0 Å². The summed E-state index contributed by atoms with van der Waals surface area (Å²) in [4.78, 5) is 21.6. The predicted molar refractivity (Wildman–Crippen MR) is 111 cm³/mol. The lowest BCUT2D eigenvalue weighted by molar-refractivity contribution is 0.0566. The molecule has 0 N–H and O–H groups in total. The Labute approximate surface area is 165 Å². The number of pyridine rings is 1. The fourth-order valence-corrected chi connectivity index (χ4v) is 3.56. The maximum absolute atomic E-state index is 12.7. The monoisotopic (exact) mass is 375 g/mol. The van der Waals surface area contributed by atoms with Gasteiger partial charge in [-0.25, -0.2) is 9.78 Å². The molecule has 0 aromatic carbocycles. The van der Waals surface area contributed by atoms with Gasteiger partial charge in [-0.3, -0.25) is 9.80 Å². The molecule has 0 unspecified atom stereocenters. The van der Waals surface area contributed by atoms with Crippen LogP contribution in [0.2, 0.25) is 0 Å². The van der Waals surface area contributed by atoms with Crippen molar-refractivity contribution in [2.75, 3.05) is 18.0 Å². The van der Waals surface area contributed by atoms with Gasteiger partial charge in [-0.1, -0.05) is 26.3 Å². The summed E-state index contributed by atoms with van der Waals surface area (Å²) in [6.45, 7) is 14.3. The number of unbranched alkanes of at least 4 members (excludes halogenated alkanes) is 1. The second kappa shape index (κ2) is 9.54. The summed E-state index contributed by atoms with van der Waals surface area (Å²) < 4.78 is 5.61. The van der Waals surface area contributed by atoms with Crippen LogP contribution in [0.5, 0.6) is 0 Å². The third kappa shape index (κ3) is 5.93. The van der Waals surface area contributed by atoms with Crippen molar-refractivity contribution in [3.63, 3.8) is 0 Å². The van der Waals surface area contributed by atoms with Gasteiger partial charge in [-0.15, -0.1) is 0 Å². The Kier molecular flexibility index (Phi) is 7.66. The molecule has 1 fully saturated rings. The van der Waals surface area contributed by atoms with Crippen molar-refractivity contribution in [3.8, 4) is 0 Å². The number of nitrogens with zero attached hydrogens (tertiary/aromatic N) is 3. The van der Waals surface area contributed by atoms with Crippen LogP contribution in [0.15, 0.2) is 18.3 Å². The average molecular weight is 376 g/mol. The molecule has 27 heavy (non-hydrogen) atoms. The molecule has 152 valence electrons. The summed E-state index contributed by atoms with van der Waals surface area (Å²) in [5.74, 6) is 0.667. The molecule has 5 heteroatoms. The molecule has 0 aliphatic carbocycles. The summed E-state index contributed by atoms with van der Waals surface area (Å²) in [5, 5.41) is 0. The standard InChI is InChI=1S/C22H37N3O2/c1-7-9-14-24-15-10-11-19(24)18-12-13-20(23-16-18)25(17(3)8-2)21(26)27-22(4,5)6/h12-13,16-17,19H,7-11,14-15H2,1-6H3/t17-,19+/m1/s1. The predicted octanol–water partition coefficient (Wildman–Crippen LogP) is 5.56. The number of likely N-dealkylation sites (tertiary alicyclic amines) is 1. The number of carbonyl (C=O) groups is 1. The average Bonchev–Trinajstić information content (AvgIpc) is 3.07. The zero-order valence-corrected chi connectivity index (χ0v) is 18.0. The second-order valence-electron chi connectivity index (χ2n) is 8.60. The van der Waals surface area contributed by atoms with Gasteiger partial charge < -0.3 is 4.74 Å². The van der Waals surface area contributed by atoms with Gasteiger partial charge in [0.1, 0.15) is 11.4 Å². The van der Waals surface area contributed by atoms with E-state index in [9.17, 15) is 4.79 Å². The quantitative estimate of drug-likeness (QED) is 0.626. The van der Waals surface area contributed by atoms with Crippen molar-refractivity contribution < 1.29 is 9.53 Å². The van der Waals surface area contributed by atoms with Crippen LogP contribution in [0.4, 0.5) is 10.6 Å². The third-order valence-electron chi connectivity index (χ3n) is 5.19. The third-order valence-corrected chi connectivity index (χ3v) is 5.19. The van der Waals surface area contributed by atoms with Crippen LogP contribution < -0.4 is 4.90 Å². The summed E-state index contributed by atoms with van der Waals surface area (Å²) in [6, 6.07) is 4.60. The normalized spacial score (nSPS) is 19.1. The van der Waals surface area contributed by atoms with Crippen molar-refractivity contribution in [2.45, 2.75) is 91.3 Å². The largest absolute Gasteiger partial charge is 0.443 e. The molecule has 0 spiro atoms. The number of ether oxygens (including phenoxy) is 1. The lowest BCUT2D eigenvalue weighted by atomic mass is 10.1. The van der Waals surface area contributed by atoms with Crippen LogP contribution in [0, 0.1) is 0 Å². The topological polar surface area (TPSA) is 45.7 Å². The molecule has 0 radical (unpaired) electrons. The van der Waals surface area contributed by atoms with E-state index in [-0.39, 0.29) is 12.1 Å². The van der Waals surface area contributed by atoms with Gasteiger partial charge in [0.25, 0.3) is 0 Å². The molecule has 1 saturated heterocycles. The molecule has 2 rings (SSSR count). The first-order valence-electron chi connectivity index (χ1n) is 10.5. The highest BCUT2D eigenvalue weighted by Gasteiger charge is 2.29. The number of anilines is 1. The minimum atomic E-state index is -0.521. The lowest BCUT2D eigenvalue weighted by Gasteiger charge is -2.31. The Bertz CT molecular complexity index is 595. The highest BCUT2D eigenvalue weighted by atomic mass is 16.6. The molecule has 1 amide bonds. The van der Waals surface area contributed by atoms with E-state index in [2.05, 4.69) is 29.8 Å². The van der Waals surface area contributed by atoms with Crippen LogP contribution in [-0.4, -0.2) is 40.7 Å². The van der Waals surface area contributed by atoms with Gasteiger partial charge in [-0.2, -0.15) is 0 Å². The van der Waals surface area contributed by atoms with Crippen LogP contribution in [0.1, 0.15) is 85.3 Å². The second-order valence-corrected chi connectivity index (χ2v) is 8.60. The smallest absolute Gasteiger partial charge is 0.416 e. The fraction of sp³-hybridized carbons (Fsp3) is 0.727. The maximum atomic E-state index is 12.7. The highest BCUT2D eigenvalue weighted by Crippen LogP contribution is 2.32. The number of carbonyl (C=O) groups excluding carboxylic acids is 1. The molecule has 1 aliphatic rings. The lowest BCUT2D eigenvalue weighted by Crippen LogP contribution is -2.42. The molecule has 1 aromatic rings. The summed E-state index contributed by atoms with van der Waals surface area (Å²) in [6.07, 6.45) is 7.35. The van der Waals surface area contributed by atoms with E-state index in [4.69, 9.17) is 4.74 Å². The van der Waals surface area contributed by atoms with Gasteiger partial charge >= 0.3 is 6.09 Å². The minimum Gasteiger partial charge on any atom is -0.443 e. The number of hydrogen-bond donors (Lipinski definition) is 0. The molecule has 0 saturated carbocycles. The Balaban J connectivity index is 2.18. The zero-order valence-electron chi connectivity index (χ0n) is 18.0. The molecular formula is C22H37N3O2. The van der Waals surface area contributed by atoms with Crippen LogP contribution >= 0.6 is 0 Å². The minimum absolute atomic E-state index is 0.0331. The first-order valence-corrected chi connectivity index (χ1v) is 10.5. The molecule has 5 nitrogen and oxygen atoms in total. The van der Waals surface area contributed by atoms with Crippen LogP contribution in [-0.2, 0) is 4.74 Å². The van der Waals surface area contributed by atoms with Crippen LogP contribution in [0.3, 0.4) is 0 Å². The van der Waals surface area contributed by atoms with E-state index in [1.807, 2.05) is 40.0 Å². The Morgan fingerprint density at radius 2 is 2.11 bits per heavy atom. The van der Waals surface area contributed by atoms with E-state index >= 15 is 0 Å². The maximum Gasteiger partial charge on any atom is 0.416 e. The molecule has 1 aliphatic heterocycles. The van der Waals surface area contributed by atoms with E-state index < -0.39 is 5.60 Å². The van der Waals surface area contributed by atoms with Crippen molar-refractivity contribution in [3.05, 3.63) is 23.9 Å². The van der Waals surface area contributed by atoms with Gasteiger partial charge in [0.2, 0.25) is 0 Å².